The van der Waals surface area contributed by atoms with Gasteiger partial charge in [0.2, 0.25) is 0 Å². The van der Waals surface area contributed by atoms with E-state index in [2.05, 4.69) is 40.6 Å². The van der Waals surface area contributed by atoms with Crippen LogP contribution in [0.2, 0.25) is 0 Å². The Hall–Kier alpha value is -1.42. The maximum atomic E-state index is 12.5. The number of alkyl halides is 1. The van der Waals surface area contributed by atoms with Gasteiger partial charge in [0.1, 0.15) is 12.3 Å². The molecule has 2 aromatic rings. The lowest BCUT2D eigenvalue weighted by Crippen LogP contribution is -2.23. The van der Waals surface area contributed by atoms with Crippen LogP contribution >= 0.6 is 0 Å². The second kappa shape index (κ2) is 6.14. The molecule has 1 fully saturated rings. The molecule has 1 saturated heterocycles. The molecule has 0 bridgehead atoms. The van der Waals surface area contributed by atoms with E-state index in [1.165, 1.54) is 10.9 Å². The van der Waals surface area contributed by atoms with Crippen LogP contribution in [0.25, 0.3) is 11.0 Å². The number of hydrogen-bond donors (Lipinski definition) is 0. The Kier molecular flexibility index (Phi) is 4.24. The number of likely N-dealkylation sites (tertiary alicyclic amines) is 1. The largest absolute Gasteiger partial charge is 0.328 e. The van der Waals surface area contributed by atoms with Crippen molar-refractivity contribution in [1.82, 2.24) is 14.5 Å². The third kappa shape index (κ3) is 2.69. The zero-order chi connectivity index (χ0) is 14.8. The predicted octanol–water partition coefficient (Wildman–Crippen LogP) is 3.77. The van der Waals surface area contributed by atoms with Crippen LogP contribution < -0.4 is 0 Å². The third-order valence-electron chi connectivity index (χ3n) is 4.81. The summed E-state index contributed by atoms with van der Waals surface area (Å²) in [5.74, 6) is 0.543. The van der Waals surface area contributed by atoms with Crippen molar-refractivity contribution in [3.05, 3.63) is 30.1 Å². The van der Waals surface area contributed by atoms with Crippen LogP contribution in [0.5, 0.6) is 0 Å². The summed E-state index contributed by atoms with van der Waals surface area (Å²) in [5, 5.41) is 1.27. The van der Waals surface area contributed by atoms with Gasteiger partial charge in [-0.25, -0.2) is 9.37 Å². The van der Waals surface area contributed by atoms with Crippen LogP contribution in [0.4, 0.5) is 4.39 Å². The maximum absolute atomic E-state index is 12.5. The molecule has 0 spiro atoms. The van der Waals surface area contributed by atoms with E-state index < -0.39 is 0 Å². The van der Waals surface area contributed by atoms with E-state index >= 15 is 0 Å². The Balaban J connectivity index is 1.96. The van der Waals surface area contributed by atoms with Crippen molar-refractivity contribution in [1.29, 1.82) is 0 Å². The van der Waals surface area contributed by atoms with Crippen LogP contribution in [-0.2, 0) is 0 Å². The second-order valence-corrected chi connectivity index (χ2v) is 6.11. The minimum absolute atomic E-state index is 0.254. The first kappa shape index (κ1) is 14.5. The number of halogens is 1. The maximum Gasteiger partial charge on any atom is 0.140 e. The first-order valence-electron chi connectivity index (χ1n) is 7.98. The van der Waals surface area contributed by atoms with Crippen LogP contribution in [0.1, 0.15) is 44.2 Å². The SMILES string of the molecule is CCC(C)c1cn([C@@H]2CCN(CCF)C2)c2ncccc12. The number of pyridine rings is 1. The molecule has 0 N–H and O–H groups in total. The molecule has 3 rings (SSSR count). The standard InChI is InChI=1S/C17H24FN3/c1-3-13(2)16-12-21(17-15(16)5-4-8-19-17)14-6-9-20(11-14)10-7-18/h4-5,8,12-14H,3,6-7,9-11H2,1-2H3/t13?,14-/m1/s1. The van der Waals surface area contributed by atoms with Gasteiger partial charge in [-0.3, -0.25) is 4.90 Å². The summed E-state index contributed by atoms with van der Waals surface area (Å²) in [6, 6.07) is 4.61. The highest BCUT2D eigenvalue weighted by molar-refractivity contribution is 5.81. The smallest absolute Gasteiger partial charge is 0.140 e. The highest BCUT2D eigenvalue weighted by Crippen LogP contribution is 2.32. The van der Waals surface area contributed by atoms with Crippen molar-refractivity contribution in [3.8, 4) is 0 Å². The monoisotopic (exact) mass is 289 g/mol. The molecule has 0 aromatic carbocycles. The summed E-state index contributed by atoms with van der Waals surface area (Å²) in [7, 11) is 0. The molecule has 0 radical (unpaired) electrons. The molecular weight excluding hydrogens is 265 g/mol. The van der Waals surface area contributed by atoms with Gasteiger partial charge in [0.05, 0.1) is 0 Å². The lowest BCUT2D eigenvalue weighted by atomic mass is 9.99. The topological polar surface area (TPSA) is 21.1 Å². The Morgan fingerprint density at radius 1 is 1.48 bits per heavy atom. The van der Waals surface area contributed by atoms with Gasteiger partial charge in [-0.1, -0.05) is 13.8 Å². The van der Waals surface area contributed by atoms with Crippen molar-refractivity contribution < 1.29 is 4.39 Å². The minimum Gasteiger partial charge on any atom is -0.328 e. The van der Waals surface area contributed by atoms with Crippen LogP contribution in [0.3, 0.4) is 0 Å². The molecule has 1 aliphatic heterocycles. The Labute approximate surface area is 125 Å². The number of nitrogens with zero attached hydrogens (tertiary/aromatic N) is 3. The zero-order valence-corrected chi connectivity index (χ0v) is 12.9. The molecule has 0 amide bonds. The van der Waals surface area contributed by atoms with E-state index in [0.29, 0.717) is 18.5 Å². The summed E-state index contributed by atoms with van der Waals surface area (Å²) in [6.45, 7) is 6.72. The van der Waals surface area contributed by atoms with E-state index in [-0.39, 0.29) is 6.67 Å². The Bertz CT molecular complexity index is 607. The Morgan fingerprint density at radius 3 is 3.10 bits per heavy atom. The van der Waals surface area contributed by atoms with E-state index in [1.54, 1.807) is 0 Å². The van der Waals surface area contributed by atoms with Gasteiger partial charge in [0, 0.05) is 43.5 Å². The van der Waals surface area contributed by atoms with E-state index in [4.69, 9.17) is 0 Å². The van der Waals surface area contributed by atoms with Gasteiger partial charge in [0.25, 0.3) is 0 Å². The fraction of sp³-hybridized carbons (Fsp3) is 0.588. The molecule has 4 heteroatoms. The molecule has 1 unspecified atom stereocenters. The fourth-order valence-electron chi connectivity index (χ4n) is 3.36. The fourth-order valence-corrected chi connectivity index (χ4v) is 3.36. The zero-order valence-electron chi connectivity index (χ0n) is 12.9. The molecule has 3 nitrogen and oxygen atoms in total. The first-order chi connectivity index (χ1) is 10.2. The molecule has 0 aliphatic carbocycles. The van der Waals surface area contributed by atoms with Crippen molar-refractivity contribution in [2.75, 3.05) is 26.3 Å². The minimum atomic E-state index is -0.254. The normalized spacial score (nSPS) is 21.2. The highest BCUT2D eigenvalue weighted by atomic mass is 19.1. The summed E-state index contributed by atoms with van der Waals surface area (Å²) in [4.78, 5) is 6.82. The number of hydrogen-bond acceptors (Lipinski definition) is 2. The molecule has 21 heavy (non-hydrogen) atoms. The second-order valence-electron chi connectivity index (χ2n) is 6.11. The van der Waals surface area contributed by atoms with Gasteiger partial charge >= 0.3 is 0 Å². The molecule has 3 heterocycles. The summed E-state index contributed by atoms with van der Waals surface area (Å²) in [5.41, 5.74) is 2.48. The number of rotatable bonds is 5. The lowest BCUT2D eigenvalue weighted by molar-refractivity contribution is 0.288. The van der Waals surface area contributed by atoms with Gasteiger partial charge < -0.3 is 4.57 Å². The van der Waals surface area contributed by atoms with E-state index in [1.807, 2.05) is 12.3 Å². The average molecular weight is 289 g/mol. The van der Waals surface area contributed by atoms with Crippen LogP contribution in [0.15, 0.2) is 24.5 Å². The molecule has 0 saturated carbocycles. The van der Waals surface area contributed by atoms with Gasteiger partial charge in [-0.15, -0.1) is 0 Å². The summed E-state index contributed by atoms with van der Waals surface area (Å²) < 4.78 is 14.9. The summed E-state index contributed by atoms with van der Waals surface area (Å²) >= 11 is 0. The van der Waals surface area contributed by atoms with Crippen molar-refractivity contribution in [2.24, 2.45) is 0 Å². The highest BCUT2D eigenvalue weighted by Gasteiger charge is 2.26. The van der Waals surface area contributed by atoms with Crippen molar-refractivity contribution in [3.63, 3.8) is 0 Å². The lowest BCUT2D eigenvalue weighted by Gasteiger charge is -2.15. The number of fused-ring (bicyclic) bond motifs is 1. The first-order valence-corrected chi connectivity index (χ1v) is 7.98. The predicted molar refractivity (Wildman–Crippen MR) is 84.5 cm³/mol. The quantitative estimate of drug-likeness (QED) is 0.835. The molecular formula is C17H24FN3. The third-order valence-corrected chi connectivity index (χ3v) is 4.81. The number of aromatic nitrogens is 2. The van der Waals surface area contributed by atoms with Crippen LogP contribution in [0, 0.1) is 0 Å². The Morgan fingerprint density at radius 2 is 2.33 bits per heavy atom. The molecule has 2 atom stereocenters. The van der Waals surface area contributed by atoms with Gasteiger partial charge in [0.15, 0.2) is 0 Å². The van der Waals surface area contributed by atoms with Crippen LogP contribution in [-0.4, -0.2) is 40.8 Å². The molecule has 2 aromatic heterocycles. The van der Waals surface area contributed by atoms with E-state index in [0.717, 1.165) is 31.6 Å². The molecule has 1 aliphatic rings. The van der Waals surface area contributed by atoms with E-state index in [9.17, 15) is 4.39 Å². The summed E-state index contributed by atoms with van der Waals surface area (Å²) in [6.07, 6.45) is 6.37. The van der Waals surface area contributed by atoms with Crippen molar-refractivity contribution >= 4 is 11.0 Å². The molecule has 114 valence electrons. The van der Waals surface area contributed by atoms with Gasteiger partial charge in [-0.2, -0.15) is 0 Å². The van der Waals surface area contributed by atoms with Gasteiger partial charge in [-0.05, 0) is 36.5 Å². The van der Waals surface area contributed by atoms with Crippen molar-refractivity contribution in [2.45, 2.75) is 38.6 Å². The average Bonchev–Trinajstić information content (AvgIpc) is 3.11.